The molecule has 2 saturated heterocycles. The Balaban J connectivity index is 1.34. The molecule has 0 saturated carbocycles. The average Bonchev–Trinajstić information content (AvgIpc) is 3.19. The predicted molar refractivity (Wildman–Crippen MR) is 119 cm³/mol. The molecule has 1 aromatic heterocycles. The summed E-state index contributed by atoms with van der Waals surface area (Å²) in [6.07, 6.45) is 3.93. The Hall–Kier alpha value is -3.76. The van der Waals surface area contributed by atoms with E-state index in [2.05, 4.69) is 10.3 Å². The first-order chi connectivity index (χ1) is 16.0. The van der Waals surface area contributed by atoms with E-state index >= 15 is 0 Å². The molecule has 172 valence electrons. The van der Waals surface area contributed by atoms with Crippen LogP contribution in [0.2, 0.25) is 0 Å². The van der Waals surface area contributed by atoms with Crippen molar-refractivity contribution in [2.75, 3.05) is 36.5 Å². The number of carbonyl (C=O) groups is 3. The van der Waals surface area contributed by atoms with Gasteiger partial charge < -0.3 is 24.4 Å². The Morgan fingerprint density at radius 3 is 2.67 bits per heavy atom. The van der Waals surface area contributed by atoms with Crippen molar-refractivity contribution in [3.05, 3.63) is 60.4 Å². The number of likely N-dealkylation sites (tertiary alicyclic amines) is 1. The van der Waals surface area contributed by atoms with Gasteiger partial charge in [0.05, 0.1) is 19.3 Å². The molecule has 1 aromatic carbocycles. The number of rotatable bonds is 5. The molecular formula is C23H24N4O6. The molecule has 10 nitrogen and oxygen atoms in total. The van der Waals surface area contributed by atoms with Crippen molar-refractivity contribution in [2.24, 2.45) is 0 Å². The second-order valence-corrected chi connectivity index (χ2v) is 7.62. The van der Waals surface area contributed by atoms with Gasteiger partial charge in [0.2, 0.25) is 5.91 Å². The first-order valence-corrected chi connectivity index (χ1v) is 10.5. The molecule has 2 aliphatic heterocycles. The Morgan fingerprint density at radius 2 is 1.94 bits per heavy atom. The van der Waals surface area contributed by atoms with E-state index in [4.69, 9.17) is 9.47 Å². The number of morpholine rings is 1. The zero-order chi connectivity index (χ0) is 23.2. The summed E-state index contributed by atoms with van der Waals surface area (Å²) in [6.45, 7) is 1.06. The van der Waals surface area contributed by atoms with Crippen LogP contribution in [0.3, 0.4) is 0 Å². The number of ether oxygens (including phenoxy) is 2. The number of aromatic nitrogens is 1. The normalized spacial score (nSPS) is 20.8. The first-order valence-electron chi connectivity index (χ1n) is 10.5. The van der Waals surface area contributed by atoms with Crippen molar-refractivity contribution in [3.63, 3.8) is 0 Å². The molecule has 4 rings (SSSR count). The van der Waals surface area contributed by atoms with Crippen molar-refractivity contribution in [1.82, 2.24) is 9.88 Å². The first kappa shape index (κ1) is 22.4. The molecule has 3 heterocycles. The van der Waals surface area contributed by atoms with Crippen LogP contribution < -0.4 is 10.2 Å². The molecule has 0 radical (unpaired) electrons. The summed E-state index contributed by atoms with van der Waals surface area (Å²) in [5, 5.41) is 12.6. The maximum atomic E-state index is 12.6. The lowest BCUT2D eigenvalue weighted by molar-refractivity contribution is -0.132. The van der Waals surface area contributed by atoms with E-state index in [0.29, 0.717) is 24.5 Å². The highest BCUT2D eigenvalue weighted by Crippen LogP contribution is 2.22. The monoisotopic (exact) mass is 452 g/mol. The molecule has 33 heavy (non-hydrogen) atoms. The fraction of sp³-hybridized carbons (Fsp3) is 0.304. The summed E-state index contributed by atoms with van der Waals surface area (Å²) in [4.78, 5) is 43.8. The SMILES string of the molecule is O=C(Nc1ccc(N2CCOCC2=O)cc1)O[C@@H]1C[C@@H](O)CN1C(=O)C=Cc1ccncc1. The maximum Gasteiger partial charge on any atom is 0.413 e. The van der Waals surface area contributed by atoms with Crippen molar-refractivity contribution < 1.29 is 29.0 Å². The van der Waals surface area contributed by atoms with Crippen molar-refractivity contribution in [3.8, 4) is 0 Å². The van der Waals surface area contributed by atoms with Gasteiger partial charge in [0.25, 0.3) is 5.91 Å². The number of aliphatic hydroxyl groups excluding tert-OH is 1. The third kappa shape index (κ3) is 5.73. The number of β-amino-alcohol motifs (C(OH)–C–C–N with tert-alkyl or cyclic N) is 1. The van der Waals surface area contributed by atoms with Gasteiger partial charge in [-0.3, -0.25) is 19.9 Å². The van der Waals surface area contributed by atoms with Gasteiger partial charge in [-0.25, -0.2) is 4.79 Å². The molecule has 2 aromatic rings. The molecule has 10 heteroatoms. The van der Waals surface area contributed by atoms with Crippen LogP contribution in [-0.2, 0) is 19.1 Å². The van der Waals surface area contributed by atoms with Crippen molar-refractivity contribution in [1.29, 1.82) is 0 Å². The van der Waals surface area contributed by atoms with Crippen LogP contribution >= 0.6 is 0 Å². The zero-order valence-electron chi connectivity index (χ0n) is 17.8. The Labute approximate surface area is 190 Å². The van der Waals surface area contributed by atoms with E-state index < -0.39 is 18.4 Å². The highest BCUT2D eigenvalue weighted by Gasteiger charge is 2.36. The lowest BCUT2D eigenvalue weighted by Gasteiger charge is -2.27. The van der Waals surface area contributed by atoms with E-state index in [-0.39, 0.29) is 31.4 Å². The number of anilines is 2. The molecule has 2 atom stereocenters. The number of aliphatic hydroxyl groups is 1. The lowest BCUT2D eigenvalue weighted by atomic mass is 10.2. The smallest absolute Gasteiger partial charge is 0.413 e. The van der Waals surface area contributed by atoms with Crippen LogP contribution in [0.15, 0.2) is 54.9 Å². The van der Waals surface area contributed by atoms with Crippen LogP contribution in [0.5, 0.6) is 0 Å². The van der Waals surface area contributed by atoms with Gasteiger partial charge >= 0.3 is 6.09 Å². The van der Waals surface area contributed by atoms with E-state index in [1.165, 1.54) is 11.0 Å². The number of hydrogen-bond donors (Lipinski definition) is 2. The fourth-order valence-electron chi connectivity index (χ4n) is 3.65. The van der Waals surface area contributed by atoms with Crippen LogP contribution in [0.1, 0.15) is 12.0 Å². The van der Waals surface area contributed by atoms with Gasteiger partial charge in [-0.1, -0.05) is 0 Å². The maximum absolute atomic E-state index is 12.6. The van der Waals surface area contributed by atoms with Gasteiger partial charge in [0.15, 0.2) is 6.23 Å². The van der Waals surface area contributed by atoms with Gasteiger partial charge in [0, 0.05) is 42.8 Å². The molecule has 2 fully saturated rings. The number of nitrogens with zero attached hydrogens (tertiary/aromatic N) is 3. The number of hydrogen-bond acceptors (Lipinski definition) is 7. The van der Waals surface area contributed by atoms with Crippen molar-refractivity contribution >= 4 is 35.4 Å². The predicted octanol–water partition coefficient (Wildman–Crippen LogP) is 1.63. The van der Waals surface area contributed by atoms with Gasteiger partial charge in [-0.05, 0) is 48.0 Å². The molecule has 0 aliphatic carbocycles. The minimum absolute atomic E-state index is 0.0481. The standard InChI is InChI=1S/C23H24N4O6/c28-19-13-22(27(14-19)20(29)6-1-16-7-9-24-10-8-16)33-23(31)25-17-2-4-18(5-3-17)26-11-12-32-15-21(26)30/h1-10,19,22,28H,11-15H2,(H,25,31)/t19-,22-/m1/s1. The second-order valence-electron chi connectivity index (χ2n) is 7.62. The van der Waals surface area contributed by atoms with Crippen LogP contribution in [0.25, 0.3) is 6.08 Å². The van der Waals surface area contributed by atoms with Gasteiger partial charge in [0.1, 0.15) is 6.61 Å². The molecule has 2 aliphatic rings. The summed E-state index contributed by atoms with van der Waals surface area (Å²) in [5.74, 6) is -0.496. The van der Waals surface area contributed by atoms with Crippen molar-refractivity contribution in [2.45, 2.75) is 18.8 Å². The molecular weight excluding hydrogens is 428 g/mol. The highest BCUT2D eigenvalue weighted by molar-refractivity contribution is 5.95. The molecule has 0 unspecified atom stereocenters. The Morgan fingerprint density at radius 1 is 1.18 bits per heavy atom. The summed E-state index contributed by atoms with van der Waals surface area (Å²) >= 11 is 0. The van der Waals surface area contributed by atoms with E-state index in [0.717, 1.165) is 5.56 Å². The number of amides is 3. The van der Waals surface area contributed by atoms with E-state index in [9.17, 15) is 19.5 Å². The second kappa shape index (κ2) is 10.2. The third-order valence-electron chi connectivity index (χ3n) is 5.29. The molecule has 0 spiro atoms. The molecule has 0 bridgehead atoms. The lowest BCUT2D eigenvalue weighted by Crippen LogP contribution is -2.41. The average molecular weight is 452 g/mol. The van der Waals surface area contributed by atoms with Gasteiger partial charge in [-0.15, -0.1) is 0 Å². The van der Waals surface area contributed by atoms with E-state index in [1.807, 2.05) is 0 Å². The minimum Gasteiger partial charge on any atom is -0.425 e. The number of benzene rings is 1. The van der Waals surface area contributed by atoms with E-state index in [1.54, 1.807) is 59.8 Å². The number of carbonyl (C=O) groups excluding carboxylic acids is 3. The van der Waals surface area contributed by atoms with Crippen LogP contribution in [0, 0.1) is 0 Å². The number of pyridine rings is 1. The third-order valence-corrected chi connectivity index (χ3v) is 5.29. The zero-order valence-corrected chi connectivity index (χ0v) is 17.8. The van der Waals surface area contributed by atoms with Crippen LogP contribution in [-0.4, -0.2) is 71.5 Å². The fourth-order valence-corrected chi connectivity index (χ4v) is 3.65. The minimum atomic E-state index is -0.889. The highest BCUT2D eigenvalue weighted by atomic mass is 16.6. The Bertz CT molecular complexity index is 1030. The Kier molecular flexibility index (Phi) is 6.96. The van der Waals surface area contributed by atoms with Crippen LogP contribution in [0.4, 0.5) is 16.2 Å². The summed E-state index contributed by atoms with van der Waals surface area (Å²) < 4.78 is 10.5. The van der Waals surface area contributed by atoms with Gasteiger partial charge in [-0.2, -0.15) is 0 Å². The number of nitrogens with one attached hydrogen (secondary N) is 1. The summed E-state index contributed by atoms with van der Waals surface area (Å²) in [6, 6.07) is 10.3. The molecule has 2 N–H and O–H groups in total. The summed E-state index contributed by atoms with van der Waals surface area (Å²) in [7, 11) is 0. The topological polar surface area (TPSA) is 121 Å². The molecule has 3 amide bonds. The summed E-state index contributed by atoms with van der Waals surface area (Å²) in [5.41, 5.74) is 1.98. The largest absolute Gasteiger partial charge is 0.425 e. The quantitative estimate of drug-likeness (QED) is 0.662.